The van der Waals surface area contributed by atoms with Gasteiger partial charge in [0.2, 0.25) is 0 Å². The number of hydrogen-bond donors (Lipinski definition) is 1. The van der Waals surface area contributed by atoms with Crippen LogP contribution in [0.1, 0.15) is 41.5 Å². The number of ether oxygens (including phenoxy) is 2. The van der Waals surface area contributed by atoms with Gasteiger partial charge in [0, 0.05) is 25.7 Å². The molecular formula is C28H31F6N3O3S. The number of carbonyl (C=O) groups excluding carboxylic acids is 1. The molecule has 0 atom stereocenters. The predicted molar refractivity (Wildman–Crippen MR) is 148 cm³/mol. The first kappa shape index (κ1) is 32.3. The van der Waals surface area contributed by atoms with Crippen LogP contribution in [-0.4, -0.2) is 56.7 Å². The SMILES string of the molecule is CN=C(NCCN1CCCCC1)/C(=C/c1ccc(OCc2ccc(C(F)(F)F)cc2C(F)(F)F)c(OC)c1)SC=O. The number of hydrogen-bond acceptors (Lipinski definition) is 6. The average molecular weight is 604 g/mol. The summed E-state index contributed by atoms with van der Waals surface area (Å²) in [6.07, 6.45) is -4.62. The molecule has 0 aliphatic carbocycles. The Hall–Kier alpha value is -3.19. The summed E-state index contributed by atoms with van der Waals surface area (Å²) in [5, 5.41) is 3.27. The van der Waals surface area contributed by atoms with Crippen molar-refractivity contribution in [3.8, 4) is 11.5 Å². The molecule has 2 aromatic rings. The lowest BCUT2D eigenvalue weighted by atomic mass is 10.0. The van der Waals surface area contributed by atoms with Gasteiger partial charge in [0.25, 0.3) is 0 Å². The first-order valence-electron chi connectivity index (χ1n) is 12.8. The van der Waals surface area contributed by atoms with Gasteiger partial charge in [0.1, 0.15) is 12.4 Å². The van der Waals surface area contributed by atoms with Crippen molar-refractivity contribution >= 4 is 29.3 Å². The number of rotatable bonds is 11. The molecule has 0 amide bonds. The molecule has 0 unspecified atom stereocenters. The molecule has 1 N–H and O–H groups in total. The minimum absolute atomic E-state index is 0.0729. The van der Waals surface area contributed by atoms with Crippen LogP contribution in [0.3, 0.4) is 0 Å². The normalized spacial score (nSPS) is 15.5. The third-order valence-corrected chi connectivity index (χ3v) is 7.07. The molecule has 0 aromatic heterocycles. The van der Waals surface area contributed by atoms with Crippen LogP contribution < -0.4 is 14.8 Å². The lowest BCUT2D eigenvalue weighted by Gasteiger charge is -2.26. The summed E-state index contributed by atoms with van der Waals surface area (Å²) in [6, 6.07) is 6.06. The fraction of sp³-hybridized carbons (Fsp3) is 0.429. The summed E-state index contributed by atoms with van der Waals surface area (Å²) < 4.78 is 90.3. The maximum Gasteiger partial charge on any atom is 0.416 e. The van der Waals surface area contributed by atoms with Crippen molar-refractivity contribution in [1.82, 2.24) is 10.2 Å². The van der Waals surface area contributed by atoms with Crippen LogP contribution in [0.15, 0.2) is 46.3 Å². The third kappa shape index (κ3) is 9.42. The topological polar surface area (TPSA) is 63.2 Å². The fourth-order valence-electron chi connectivity index (χ4n) is 4.34. The van der Waals surface area contributed by atoms with Gasteiger partial charge in [-0.1, -0.05) is 30.3 Å². The van der Waals surface area contributed by atoms with Gasteiger partial charge in [0.05, 0.1) is 23.1 Å². The second-order valence-corrected chi connectivity index (χ2v) is 10.1. The summed E-state index contributed by atoms with van der Waals surface area (Å²) in [5.41, 5.74) is -2.01. The van der Waals surface area contributed by atoms with Gasteiger partial charge >= 0.3 is 12.4 Å². The molecule has 13 heteroatoms. The van der Waals surface area contributed by atoms with Crippen LogP contribution in [0.4, 0.5) is 26.3 Å². The van der Waals surface area contributed by atoms with Crippen molar-refractivity contribution in [2.24, 2.45) is 4.99 Å². The first-order valence-corrected chi connectivity index (χ1v) is 13.7. The van der Waals surface area contributed by atoms with Gasteiger partial charge in [-0.15, -0.1) is 0 Å². The second-order valence-electron chi connectivity index (χ2n) is 9.19. The monoisotopic (exact) mass is 603 g/mol. The van der Waals surface area contributed by atoms with E-state index in [1.54, 1.807) is 25.3 Å². The van der Waals surface area contributed by atoms with Gasteiger partial charge in [-0.05, 0) is 61.8 Å². The van der Waals surface area contributed by atoms with E-state index in [0.717, 1.165) is 37.5 Å². The van der Waals surface area contributed by atoms with Gasteiger partial charge in [-0.25, -0.2) is 0 Å². The number of aliphatic imine (C=N–C) groups is 1. The van der Waals surface area contributed by atoms with E-state index >= 15 is 0 Å². The molecular weight excluding hydrogens is 572 g/mol. The predicted octanol–water partition coefficient (Wildman–Crippen LogP) is 6.68. The number of likely N-dealkylation sites (tertiary alicyclic amines) is 1. The highest BCUT2D eigenvalue weighted by Crippen LogP contribution is 2.38. The van der Waals surface area contributed by atoms with Crippen molar-refractivity contribution in [3.05, 3.63) is 63.6 Å². The molecule has 0 radical (unpaired) electrons. The Morgan fingerprint density at radius 1 is 1.02 bits per heavy atom. The van der Waals surface area contributed by atoms with Crippen LogP contribution in [0.5, 0.6) is 11.5 Å². The molecule has 1 fully saturated rings. The molecule has 1 aliphatic rings. The third-order valence-electron chi connectivity index (χ3n) is 6.41. The minimum Gasteiger partial charge on any atom is -0.493 e. The van der Waals surface area contributed by atoms with E-state index in [2.05, 4.69) is 15.2 Å². The lowest BCUT2D eigenvalue weighted by molar-refractivity contribution is -0.143. The zero-order chi connectivity index (χ0) is 30.0. The van der Waals surface area contributed by atoms with Gasteiger partial charge in [0.15, 0.2) is 17.1 Å². The number of thioether (sulfide) groups is 1. The second kappa shape index (κ2) is 14.6. The molecule has 1 aliphatic heterocycles. The minimum atomic E-state index is -5.01. The molecule has 1 saturated heterocycles. The highest BCUT2D eigenvalue weighted by Gasteiger charge is 2.38. The molecule has 2 aromatic carbocycles. The van der Waals surface area contributed by atoms with Crippen LogP contribution in [0, 0.1) is 0 Å². The lowest BCUT2D eigenvalue weighted by Crippen LogP contribution is -2.37. The van der Waals surface area contributed by atoms with Crippen molar-refractivity contribution < 1.29 is 40.6 Å². The smallest absolute Gasteiger partial charge is 0.416 e. The number of methoxy groups -OCH3 is 1. The summed E-state index contributed by atoms with van der Waals surface area (Å²) in [6.45, 7) is 2.95. The van der Waals surface area contributed by atoms with Gasteiger partial charge < -0.3 is 19.7 Å². The van der Waals surface area contributed by atoms with Crippen LogP contribution >= 0.6 is 11.8 Å². The molecule has 41 heavy (non-hydrogen) atoms. The standard InChI is InChI=1S/C28H31F6N3O3S/c1-35-26(36-10-13-37-11-4-3-5-12-37)25(41-18-38)15-19-6-9-23(24(14-19)39-2)40-17-20-7-8-21(27(29,30)31)16-22(20)28(32,33)34/h6-9,14-16,18H,3-5,10-13,17H2,1-2H3,(H,35,36)/b25-15-. The molecule has 0 bridgehead atoms. The van der Waals surface area contributed by atoms with Gasteiger partial charge in [-0.2, -0.15) is 26.3 Å². The summed E-state index contributed by atoms with van der Waals surface area (Å²) in [7, 11) is 2.95. The Bertz CT molecular complexity index is 1240. The molecule has 6 nitrogen and oxygen atoms in total. The van der Waals surface area contributed by atoms with Crippen molar-refractivity contribution in [1.29, 1.82) is 0 Å². The summed E-state index contributed by atoms with van der Waals surface area (Å²) in [5.74, 6) is 0.800. The maximum atomic E-state index is 13.5. The summed E-state index contributed by atoms with van der Waals surface area (Å²) >= 11 is 0.937. The van der Waals surface area contributed by atoms with Crippen molar-refractivity contribution in [3.63, 3.8) is 0 Å². The largest absolute Gasteiger partial charge is 0.493 e. The number of nitrogens with one attached hydrogen (secondary N) is 1. The van der Waals surface area contributed by atoms with E-state index in [-0.39, 0.29) is 17.6 Å². The van der Waals surface area contributed by atoms with E-state index in [4.69, 9.17) is 9.47 Å². The zero-order valence-electron chi connectivity index (χ0n) is 22.6. The quantitative estimate of drug-likeness (QED) is 0.134. The van der Waals surface area contributed by atoms with Crippen LogP contribution in [0.2, 0.25) is 0 Å². The molecule has 224 valence electrons. The van der Waals surface area contributed by atoms with Crippen LogP contribution in [-0.2, 0) is 23.8 Å². The molecule has 1 heterocycles. The van der Waals surface area contributed by atoms with Crippen LogP contribution in [0.25, 0.3) is 6.08 Å². The number of halogens is 6. The number of nitrogens with zero attached hydrogens (tertiary/aromatic N) is 2. The first-order chi connectivity index (χ1) is 19.5. The fourth-order valence-corrected chi connectivity index (χ4v) is 4.93. The highest BCUT2D eigenvalue weighted by atomic mass is 32.2. The number of carbonyl (C=O) groups is 1. The van der Waals surface area contributed by atoms with Crippen molar-refractivity contribution in [2.45, 2.75) is 38.2 Å². The van der Waals surface area contributed by atoms with Crippen molar-refractivity contribution in [2.75, 3.05) is 40.3 Å². The highest BCUT2D eigenvalue weighted by molar-refractivity contribution is 8.16. The Balaban J connectivity index is 1.76. The summed E-state index contributed by atoms with van der Waals surface area (Å²) in [4.78, 5) is 18.6. The van der Waals surface area contributed by atoms with Gasteiger partial charge in [-0.3, -0.25) is 9.79 Å². The maximum absolute atomic E-state index is 13.5. The number of piperidine rings is 1. The van der Waals surface area contributed by atoms with E-state index in [1.807, 2.05) is 0 Å². The van der Waals surface area contributed by atoms with E-state index in [9.17, 15) is 31.1 Å². The number of alkyl halides is 6. The Kier molecular flexibility index (Phi) is 11.5. The number of amidine groups is 1. The van der Waals surface area contributed by atoms with E-state index < -0.39 is 35.6 Å². The Morgan fingerprint density at radius 2 is 1.76 bits per heavy atom. The molecule has 3 rings (SSSR count). The molecule has 0 saturated carbocycles. The number of benzene rings is 2. The Morgan fingerprint density at radius 3 is 2.37 bits per heavy atom. The zero-order valence-corrected chi connectivity index (χ0v) is 23.4. The molecule has 0 spiro atoms. The Labute approximate surface area is 238 Å². The van der Waals surface area contributed by atoms with E-state index in [0.29, 0.717) is 34.5 Å². The average Bonchev–Trinajstić information content (AvgIpc) is 2.94. The van der Waals surface area contributed by atoms with E-state index in [1.165, 1.54) is 32.4 Å².